The van der Waals surface area contributed by atoms with E-state index >= 15 is 0 Å². The molecule has 31 heavy (non-hydrogen) atoms. The minimum Gasteiger partial charge on any atom is -0.497 e. The van der Waals surface area contributed by atoms with E-state index in [1.807, 2.05) is 12.1 Å². The van der Waals surface area contributed by atoms with E-state index in [0.717, 1.165) is 23.4 Å². The molecule has 2 aromatic carbocycles. The number of ketones is 1. The first kappa shape index (κ1) is 22.7. The van der Waals surface area contributed by atoms with Crippen LogP contribution in [0.5, 0.6) is 5.75 Å². The van der Waals surface area contributed by atoms with E-state index in [9.17, 15) is 9.59 Å². The maximum absolute atomic E-state index is 13.0. The smallest absolute Gasteiger partial charge is 0.251 e. The van der Waals surface area contributed by atoms with Crippen molar-refractivity contribution in [3.63, 3.8) is 0 Å². The van der Waals surface area contributed by atoms with Crippen molar-refractivity contribution in [1.29, 1.82) is 0 Å². The summed E-state index contributed by atoms with van der Waals surface area (Å²) >= 11 is 0. The molecular formula is C26H32N2O3. The molecule has 0 unspecified atom stereocenters. The summed E-state index contributed by atoms with van der Waals surface area (Å²) in [6.45, 7) is 10.9. The van der Waals surface area contributed by atoms with Crippen LogP contribution in [0.4, 0.5) is 0 Å². The number of amides is 1. The number of fused-ring (bicyclic) bond motifs is 1. The number of aliphatic imine (C=N–C) groups is 1. The fourth-order valence-electron chi connectivity index (χ4n) is 3.68. The lowest BCUT2D eigenvalue weighted by Crippen LogP contribution is -2.32. The molecule has 1 aliphatic rings. The van der Waals surface area contributed by atoms with Crippen LogP contribution in [0.2, 0.25) is 0 Å². The first-order chi connectivity index (χ1) is 14.5. The Bertz CT molecular complexity index is 1010. The number of carbonyl (C=O) groups excluding carboxylic acids is 2. The SMILES string of the molecule is COc1ccc2c(c1)C(CC(=O)c1ccc(C(=O)NCC(C)(C)C)cc1)=NC(C)(C)C2. The predicted molar refractivity (Wildman–Crippen MR) is 124 cm³/mol. The maximum Gasteiger partial charge on any atom is 0.251 e. The third kappa shape index (κ3) is 5.81. The van der Waals surface area contributed by atoms with Crippen LogP contribution in [0.25, 0.3) is 0 Å². The molecule has 0 radical (unpaired) electrons. The van der Waals surface area contributed by atoms with Gasteiger partial charge in [0.1, 0.15) is 5.75 Å². The Kier molecular flexibility index (Phi) is 6.35. The van der Waals surface area contributed by atoms with Crippen molar-refractivity contribution in [3.05, 3.63) is 64.7 Å². The van der Waals surface area contributed by atoms with Gasteiger partial charge in [0.25, 0.3) is 5.91 Å². The molecule has 1 heterocycles. The lowest BCUT2D eigenvalue weighted by Gasteiger charge is -2.29. The van der Waals surface area contributed by atoms with Gasteiger partial charge in [-0.3, -0.25) is 14.6 Å². The highest BCUT2D eigenvalue weighted by Crippen LogP contribution is 2.31. The Morgan fingerprint density at radius 1 is 1.06 bits per heavy atom. The average Bonchev–Trinajstić information content (AvgIpc) is 2.70. The second kappa shape index (κ2) is 8.66. The molecule has 0 spiro atoms. The van der Waals surface area contributed by atoms with Crippen LogP contribution in [-0.2, 0) is 6.42 Å². The number of benzene rings is 2. The number of rotatable bonds is 6. The van der Waals surface area contributed by atoms with Gasteiger partial charge in [-0.15, -0.1) is 0 Å². The van der Waals surface area contributed by atoms with Gasteiger partial charge in [0.15, 0.2) is 5.78 Å². The van der Waals surface area contributed by atoms with Gasteiger partial charge in [-0.05, 0) is 55.5 Å². The van der Waals surface area contributed by atoms with Gasteiger partial charge in [-0.25, -0.2) is 0 Å². The quantitative estimate of drug-likeness (QED) is 0.678. The summed E-state index contributed by atoms with van der Waals surface area (Å²) in [4.78, 5) is 30.2. The van der Waals surface area contributed by atoms with Crippen molar-refractivity contribution < 1.29 is 14.3 Å². The lowest BCUT2D eigenvalue weighted by molar-refractivity contribution is 0.0937. The van der Waals surface area contributed by atoms with Gasteiger partial charge >= 0.3 is 0 Å². The number of hydrogen-bond acceptors (Lipinski definition) is 4. The van der Waals surface area contributed by atoms with Crippen LogP contribution in [0.15, 0.2) is 47.5 Å². The van der Waals surface area contributed by atoms with E-state index in [1.165, 1.54) is 5.56 Å². The molecule has 0 bridgehead atoms. The molecule has 2 aromatic rings. The number of Topliss-reactive ketones (excluding diaryl/α,β-unsaturated/α-hetero) is 1. The zero-order valence-corrected chi connectivity index (χ0v) is 19.3. The van der Waals surface area contributed by atoms with E-state index < -0.39 is 0 Å². The summed E-state index contributed by atoms with van der Waals surface area (Å²) in [6, 6.07) is 12.8. The van der Waals surface area contributed by atoms with Gasteiger partial charge < -0.3 is 10.1 Å². The third-order valence-corrected chi connectivity index (χ3v) is 5.26. The Balaban J connectivity index is 1.77. The second-order valence-electron chi connectivity index (χ2n) is 9.99. The average molecular weight is 421 g/mol. The highest BCUT2D eigenvalue weighted by molar-refractivity contribution is 6.17. The molecule has 3 rings (SSSR count). The highest BCUT2D eigenvalue weighted by Gasteiger charge is 2.28. The molecule has 1 aliphatic heterocycles. The van der Waals surface area contributed by atoms with E-state index in [1.54, 1.807) is 31.4 Å². The molecule has 0 fully saturated rings. The summed E-state index contributed by atoms with van der Waals surface area (Å²) in [5.41, 5.74) is 3.81. The van der Waals surface area contributed by atoms with Crippen molar-refractivity contribution in [2.45, 2.75) is 53.0 Å². The predicted octanol–water partition coefficient (Wildman–Crippen LogP) is 4.87. The molecule has 0 aromatic heterocycles. The van der Waals surface area contributed by atoms with Gasteiger partial charge in [0.05, 0.1) is 24.8 Å². The summed E-state index contributed by atoms with van der Waals surface area (Å²) in [5, 5.41) is 2.93. The summed E-state index contributed by atoms with van der Waals surface area (Å²) < 4.78 is 5.37. The molecule has 1 N–H and O–H groups in total. The second-order valence-corrected chi connectivity index (χ2v) is 9.99. The number of ether oxygens (including phenoxy) is 1. The third-order valence-electron chi connectivity index (χ3n) is 5.26. The standard InChI is InChI=1S/C26H32N2O3/c1-25(2,3)16-27-24(30)18-9-7-17(8-10-18)23(29)14-22-21-13-20(31-6)12-11-19(21)15-26(4,5)28-22/h7-13H,14-16H2,1-6H3,(H,27,30). The zero-order valence-electron chi connectivity index (χ0n) is 19.3. The Morgan fingerprint density at radius 3 is 2.32 bits per heavy atom. The molecule has 1 amide bonds. The molecule has 0 saturated heterocycles. The maximum atomic E-state index is 13.0. The monoisotopic (exact) mass is 420 g/mol. The molecule has 5 heteroatoms. The normalized spacial score (nSPS) is 15.0. The highest BCUT2D eigenvalue weighted by atomic mass is 16.5. The van der Waals surface area contributed by atoms with E-state index in [2.05, 4.69) is 46.0 Å². The van der Waals surface area contributed by atoms with Crippen LogP contribution >= 0.6 is 0 Å². The van der Waals surface area contributed by atoms with Crippen LogP contribution in [0.1, 0.15) is 72.9 Å². The Morgan fingerprint density at radius 2 is 1.71 bits per heavy atom. The Hall–Kier alpha value is -2.95. The van der Waals surface area contributed by atoms with E-state index in [-0.39, 0.29) is 29.1 Å². The summed E-state index contributed by atoms with van der Waals surface area (Å²) in [5.74, 6) is 0.601. The largest absolute Gasteiger partial charge is 0.497 e. The van der Waals surface area contributed by atoms with Crippen LogP contribution < -0.4 is 10.1 Å². The molecular weight excluding hydrogens is 388 g/mol. The van der Waals surface area contributed by atoms with Crippen LogP contribution in [-0.4, -0.2) is 36.6 Å². The molecule has 0 saturated carbocycles. The molecule has 164 valence electrons. The first-order valence-corrected chi connectivity index (χ1v) is 10.6. The van der Waals surface area contributed by atoms with Crippen LogP contribution in [0, 0.1) is 5.41 Å². The molecule has 0 atom stereocenters. The van der Waals surface area contributed by atoms with Crippen molar-refractivity contribution in [2.75, 3.05) is 13.7 Å². The van der Waals surface area contributed by atoms with Crippen molar-refractivity contribution >= 4 is 17.4 Å². The number of nitrogens with zero attached hydrogens (tertiary/aromatic N) is 1. The fourth-order valence-corrected chi connectivity index (χ4v) is 3.68. The number of hydrogen-bond donors (Lipinski definition) is 1. The van der Waals surface area contributed by atoms with Crippen molar-refractivity contribution in [1.82, 2.24) is 5.32 Å². The van der Waals surface area contributed by atoms with Gasteiger partial charge in [-0.2, -0.15) is 0 Å². The van der Waals surface area contributed by atoms with Gasteiger partial charge in [0.2, 0.25) is 0 Å². The molecule has 5 nitrogen and oxygen atoms in total. The topological polar surface area (TPSA) is 67.8 Å². The van der Waals surface area contributed by atoms with E-state index in [4.69, 9.17) is 9.73 Å². The van der Waals surface area contributed by atoms with Crippen molar-refractivity contribution in [2.24, 2.45) is 10.4 Å². The van der Waals surface area contributed by atoms with Gasteiger partial charge in [0, 0.05) is 23.2 Å². The van der Waals surface area contributed by atoms with Crippen LogP contribution in [0.3, 0.4) is 0 Å². The summed E-state index contributed by atoms with van der Waals surface area (Å²) in [6.07, 6.45) is 1.03. The zero-order chi connectivity index (χ0) is 22.8. The van der Waals surface area contributed by atoms with Gasteiger partial charge in [-0.1, -0.05) is 39.0 Å². The van der Waals surface area contributed by atoms with Crippen molar-refractivity contribution in [3.8, 4) is 5.75 Å². The fraction of sp³-hybridized carbons (Fsp3) is 0.423. The minimum atomic E-state index is -0.258. The number of nitrogens with one attached hydrogen (secondary N) is 1. The first-order valence-electron chi connectivity index (χ1n) is 10.6. The Labute approximate surface area is 184 Å². The minimum absolute atomic E-state index is 0.0129. The number of methoxy groups -OCH3 is 1. The van der Waals surface area contributed by atoms with E-state index in [0.29, 0.717) is 17.7 Å². The number of carbonyl (C=O) groups is 2. The molecule has 0 aliphatic carbocycles. The summed E-state index contributed by atoms with van der Waals surface area (Å²) in [7, 11) is 1.63. The lowest BCUT2D eigenvalue weighted by atomic mass is 9.85.